The Hall–Kier alpha value is -0.800. The summed E-state index contributed by atoms with van der Waals surface area (Å²) in [6, 6.07) is 4.54. The molecule has 0 bridgehead atoms. The number of hydrogen-bond acceptors (Lipinski definition) is 6. The second-order valence-corrected chi connectivity index (χ2v) is 6.50. The average Bonchev–Trinajstić information content (AvgIpc) is 2.35. The smallest absolute Gasteiger partial charge is 0.242 e. The summed E-state index contributed by atoms with van der Waals surface area (Å²) in [6.07, 6.45) is -0.808. The molecule has 1 aromatic rings. The molecule has 1 unspecified atom stereocenters. The summed E-state index contributed by atoms with van der Waals surface area (Å²) in [5.41, 5.74) is 5.82. The molecule has 6 nitrogen and oxygen atoms in total. The van der Waals surface area contributed by atoms with Gasteiger partial charge in [0.1, 0.15) is 4.90 Å². The van der Waals surface area contributed by atoms with Gasteiger partial charge >= 0.3 is 0 Å². The largest absolute Gasteiger partial charge is 0.398 e. The van der Waals surface area contributed by atoms with Gasteiger partial charge in [-0.1, -0.05) is 0 Å². The number of sulfonamides is 1. The van der Waals surface area contributed by atoms with Crippen molar-refractivity contribution < 1.29 is 18.6 Å². The van der Waals surface area contributed by atoms with Gasteiger partial charge in [0, 0.05) is 10.6 Å². The number of aliphatic hydroxyl groups excluding tert-OH is 2. The molecule has 0 saturated carbocycles. The lowest BCUT2D eigenvalue weighted by Crippen LogP contribution is -2.20. The third-order valence-electron chi connectivity index (χ3n) is 2.19. The molecule has 0 aliphatic rings. The maximum absolute atomic E-state index is 11.6. The molecule has 0 heterocycles. The zero-order chi connectivity index (χ0) is 13.8. The Morgan fingerprint density at radius 2 is 2.17 bits per heavy atom. The topological polar surface area (TPSA) is 113 Å². The number of anilines is 1. The maximum Gasteiger partial charge on any atom is 0.242 e. The predicted molar refractivity (Wildman–Crippen MR) is 70.9 cm³/mol. The van der Waals surface area contributed by atoms with Gasteiger partial charge in [-0.15, -0.1) is 11.8 Å². The van der Waals surface area contributed by atoms with Gasteiger partial charge in [0.25, 0.3) is 0 Å². The lowest BCUT2D eigenvalue weighted by atomic mass is 10.3. The van der Waals surface area contributed by atoms with E-state index in [4.69, 9.17) is 10.8 Å². The molecule has 1 rings (SSSR count). The zero-order valence-corrected chi connectivity index (χ0v) is 11.5. The van der Waals surface area contributed by atoms with Crippen molar-refractivity contribution in [3.63, 3.8) is 0 Å². The van der Waals surface area contributed by atoms with Crippen LogP contribution >= 0.6 is 11.8 Å². The normalized spacial score (nSPS) is 13.5. The zero-order valence-electron chi connectivity index (χ0n) is 9.83. The highest BCUT2D eigenvalue weighted by Gasteiger charge is 2.15. The fourth-order valence-electron chi connectivity index (χ4n) is 1.22. The number of nitrogens with two attached hydrogens (primary N) is 1. The number of hydrogen-bond donors (Lipinski definition) is 4. The van der Waals surface area contributed by atoms with Gasteiger partial charge in [0.2, 0.25) is 10.0 Å². The van der Waals surface area contributed by atoms with Crippen LogP contribution in [0.5, 0.6) is 0 Å². The van der Waals surface area contributed by atoms with Crippen molar-refractivity contribution in [2.75, 3.05) is 25.1 Å². The van der Waals surface area contributed by atoms with Gasteiger partial charge in [-0.3, -0.25) is 0 Å². The van der Waals surface area contributed by atoms with Crippen LogP contribution < -0.4 is 10.5 Å². The number of nitrogens with one attached hydrogen (secondary N) is 1. The van der Waals surface area contributed by atoms with E-state index in [0.29, 0.717) is 5.75 Å². The lowest BCUT2D eigenvalue weighted by molar-refractivity contribution is 0.113. The standard InChI is InChI=1S/C10H16N2O4S2/c1-12-18(15,16)10-3-2-8(4-9(10)11)17-6-7(14)5-13/h2-4,7,12-14H,5-6,11H2,1H3. The van der Waals surface area contributed by atoms with E-state index in [1.54, 1.807) is 6.07 Å². The predicted octanol–water partition coefficient (Wildman–Crippen LogP) is -0.378. The number of rotatable bonds is 6. The maximum atomic E-state index is 11.6. The molecule has 1 aromatic carbocycles. The minimum Gasteiger partial charge on any atom is -0.398 e. The van der Waals surface area contributed by atoms with Crippen LogP contribution in [0.2, 0.25) is 0 Å². The van der Waals surface area contributed by atoms with Crippen LogP contribution in [0.25, 0.3) is 0 Å². The molecule has 8 heteroatoms. The van der Waals surface area contributed by atoms with Gasteiger partial charge < -0.3 is 15.9 Å². The lowest BCUT2D eigenvalue weighted by Gasteiger charge is -2.10. The molecule has 0 aliphatic heterocycles. The minimum atomic E-state index is -3.56. The van der Waals surface area contributed by atoms with Gasteiger partial charge in [-0.05, 0) is 25.2 Å². The molecule has 5 N–H and O–H groups in total. The van der Waals surface area contributed by atoms with E-state index in [1.165, 1.54) is 30.9 Å². The fraction of sp³-hybridized carbons (Fsp3) is 0.400. The first kappa shape index (κ1) is 15.3. The fourth-order valence-corrected chi connectivity index (χ4v) is 2.92. The van der Waals surface area contributed by atoms with Crippen molar-refractivity contribution in [2.24, 2.45) is 0 Å². The second kappa shape index (κ2) is 6.39. The molecule has 1 atom stereocenters. The number of thioether (sulfide) groups is 1. The second-order valence-electron chi connectivity index (χ2n) is 3.55. The van der Waals surface area contributed by atoms with Crippen LogP contribution in [0.4, 0.5) is 5.69 Å². The van der Waals surface area contributed by atoms with Crippen LogP contribution in [-0.4, -0.2) is 44.1 Å². The molecule has 0 aromatic heterocycles. The molecular weight excluding hydrogens is 276 g/mol. The molecule has 0 radical (unpaired) electrons. The van der Waals surface area contributed by atoms with E-state index in [-0.39, 0.29) is 17.2 Å². The number of aliphatic hydroxyl groups is 2. The third-order valence-corrected chi connectivity index (χ3v) is 4.82. The van der Waals surface area contributed by atoms with Gasteiger partial charge in [-0.2, -0.15) is 0 Å². The Morgan fingerprint density at radius 3 is 2.67 bits per heavy atom. The van der Waals surface area contributed by atoms with E-state index >= 15 is 0 Å². The molecule has 0 fully saturated rings. The quantitative estimate of drug-likeness (QED) is 0.420. The molecule has 0 amide bonds. The van der Waals surface area contributed by atoms with Gasteiger partial charge in [0.05, 0.1) is 18.4 Å². The molecule has 0 saturated heterocycles. The van der Waals surface area contributed by atoms with Gasteiger partial charge in [0.15, 0.2) is 0 Å². The number of nitrogen functional groups attached to an aromatic ring is 1. The van der Waals surface area contributed by atoms with Gasteiger partial charge in [-0.25, -0.2) is 13.1 Å². The van der Waals surface area contributed by atoms with E-state index < -0.39 is 16.1 Å². The van der Waals surface area contributed by atoms with Crippen molar-refractivity contribution in [1.29, 1.82) is 0 Å². The molecule has 102 valence electrons. The molecule has 0 spiro atoms. The first-order valence-corrected chi connectivity index (χ1v) is 7.62. The third kappa shape index (κ3) is 3.85. The average molecular weight is 292 g/mol. The Balaban J connectivity index is 2.87. The van der Waals surface area contributed by atoms with E-state index in [0.717, 1.165) is 4.90 Å². The molecule has 18 heavy (non-hydrogen) atoms. The van der Waals surface area contributed by atoms with E-state index in [2.05, 4.69) is 4.72 Å². The van der Waals surface area contributed by atoms with Crippen LogP contribution in [-0.2, 0) is 10.0 Å². The van der Waals surface area contributed by atoms with Crippen molar-refractivity contribution in [1.82, 2.24) is 4.72 Å². The van der Waals surface area contributed by atoms with Crippen molar-refractivity contribution in [3.05, 3.63) is 18.2 Å². The SMILES string of the molecule is CNS(=O)(=O)c1ccc(SCC(O)CO)cc1N. The Bertz CT molecular complexity index is 505. The monoisotopic (exact) mass is 292 g/mol. The van der Waals surface area contributed by atoms with Crippen molar-refractivity contribution in [2.45, 2.75) is 15.9 Å². The van der Waals surface area contributed by atoms with Crippen molar-refractivity contribution in [3.8, 4) is 0 Å². The minimum absolute atomic E-state index is 0.0251. The van der Waals surface area contributed by atoms with Crippen LogP contribution in [0.1, 0.15) is 0 Å². The Labute approximate surface area is 110 Å². The first-order valence-electron chi connectivity index (χ1n) is 5.15. The number of benzene rings is 1. The first-order chi connectivity index (χ1) is 8.40. The molecular formula is C10H16N2O4S2. The highest BCUT2D eigenvalue weighted by atomic mass is 32.2. The summed E-state index contributed by atoms with van der Waals surface area (Å²) in [6.45, 7) is -0.311. The Kier molecular flexibility index (Phi) is 5.42. The van der Waals surface area contributed by atoms with E-state index in [1.807, 2.05) is 0 Å². The van der Waals surface area contributed by atoms with Crippen molar-refractivity contribution >= 4 is 27.5 Å². The molecule has 0 aliphatic carbocycles. The summed E-state index contributed by atoms with van der Waals surface area (Å²) in [4.78, 5) is 0.757. The van der Waals surface area contributed by atoms with Crippen LogP contribution in [0.3, 0.4) is 0 Å². The summed E-state index contributed by atoms with van der Waals surface area (Å²) >= 11 is 1.29. The van der Waals surface area contributed by atoms with Crippen LogP contribution in [0, 0.1) is 0 Å². The Morgan fingerprint density at radius 1 is 1.50 bits per heavy atom. The van der Waals surface area contributed by atoms with Crippen LogP contribution in [0.15, 0.2) is 28.0 Å². The summed E-state index contributed by atoms with van der Waals surface area (Å²) in [5, 5.41) is 17.9. The highest BCUT2D eigenvalue weighted by Crippen LogP contribution is 2.26. The highest BCUT2D eigenvalue weighted by molar-refractivity contribution is 7.99. The summed E-state index contributed by atoms with van der Waals surface area (Å²) < 4.78 is 25.3. The summed E-state index contributed by atoms with van der Waals surface area (Å²) in [5.74, 6) is 0.314. The summed E-state index contributed by atoms with van der Waals surface area (Å²) in [7, 11) is -2.24. The van der Waals surface area contributed by atoms with E-state index in [9.17, 15) is 13.5 Å².